The predicted octanol–water partition coefficient (Wildman–Crippen LogP) is 8.31. The standard InChI is InChI=1S/C27H56O4Si2/c1-13-14-17-25(31-33(11,12)27(6,7)8)22(2)21-24(29)19-18-23(28)16-15-20-30-32(9,10)26(3,4)5/h22,25H,13-21H2,1-12H3. The molecule has 4 nitrogen and oxygen atoms in total. The summed E-state index contributed by atoms with van der Waals surface area (Å²) in [5.74, 6) is 0.551. The molecule has 33 heavy (non-hydrogen) atoms. The van der Waals surface area contributed by atoms with Gasteiger partial charge in [0.2, 0.25) is 0 Å². The predicted molar refractivity (Wildman–Crippen MR) is 147 cm³/mol. The molecule has 0 aliphatic rings. The molecule has 0 aromatic heterocycles. The van der Waals surface area contributed by atoms with E-state index in [1.807, 2.05) is 0 Å². The van der Waals surface area contributed by atoms with Gasteiger partial charge in [-0.25, -0.2) is 0 Å². The Morgan fingerprint density at radius 2 is 1.30 bits per heavy atom. The average Bonchev–Trinajstić information content (AvgIpc) is 2.64. The molecule has 0 saturated carbocycles. The maximum Gasteiger partial charge on any atom is 0.192 e. The summed E-state index contributed by atoms with van der Waals surface area (Å²) in [6, 6.07) is 0. The third-order valence-electron chi connectivity index (χ3n) is 7.83. The van der Waals surface area contributed by atoms with Crippen molar-refractivity contribution in [3.8, 4) is 0 Å². The molecule has 0 spiro atoms. The smallest absolute Gasteiger partial charge is 0.192 e. The first-order valence-electron chi connectivity index (χ1n) is 13.2. The van der Waals surface area contributed by atoms with Crippen molar-refractivity contribution in [1.29, 1.82) is 0 Å². The van der Waals surface area contributed by atoms with Crippen molar-refractivity contribution in [2.75, 3.05) is 6.61 Å². The Kier molecular flexibility index (Phi) is 13.6. The van der Waals surface area contributed by atoms with Crippen LogP contribution in [0, 0.1) is 5.92 Å². The first-order chi connectivity index (χ1) is 14.8. The Hall–Kier alpha value is -0.306. The summed E-state index contributed by atoms with van der Waals surface area (Å²) in [5, 5.41) is 0.339. The van der Waals surface area contributed by atoms with Gasteiger partial charge in [0.15, 0.2) is 16.6 Å². The second kappa shape index (κ2) is 13.7. The largest absolute Gasteiger partial charge is 0.417 e. The highest BCUT2D eigenvalue weighted by molar-refractivity contribution is 6.74. The molecule has 6 heteroatoms. The van der Waals surface area contributed by atoms with Gasteiger partial charge in [0.05, 0.1) is 0 Å². The van der Waals surface area contributed by atoms with Crippen molar-refractivity contribution >= 4 is 28.2 Å². The van der Waals surface area contributed by atoms with Gasteiger partial charge in [0, 0.05) is 38.4 Å². The Morgan fingerprint density at radius 1 is 0.788 bits per heavy atom. The molecular formula is C27H56O4Si2. The number of rotatable bonds is 16. The lowest BCUT2D eigenvalue weighted by Crippen LogP contribution is -2.45. The molecule has 0 heterocycles. The first kappa shape index (κ1) is 32.7. The molecule has 0 aliphatic heterocycles. The number of ketones is 2. The van der Waals surface area contributed by atoms with E-state index in [1.165, 1.54) is 0 Å². The number of Topliss-reactive ketones (excluding diaryl/α,β-unsaturated/α-hetero) is 2. The van der Waals surface area contributed by atoms with Crippen LogP contribution in [0.25, 0.3) is 0 Å². The fourth-order valence-corrected chi connectivity index (χ4v) is 5.78. The van der Waals surface area contributed by atoms with E-state index in [0.717, 1.165) is 25.7 Å². The van der Waals surface area contributed by atoms with E-state index < -0.39 is 16.6 Å². The molecule has 0 aromatic rings. The third-order valence-corrected chi connectivity index (χ3v) is 16.9. The van der Waals surface area contributed by atoms with Crippen LogP contribution < -0.4 is 0 Å². The Balaban J connectivity index is 4.56. The van der Waals surface area contributed by atoms with Crippen molar-refractivity contribution in [3.05, 3.63) is 0 Å². The van der Waals surface area contributed by atoms with E-state index in [-0.39, 0.29) is 33.7 Å². The second-order valence-electron chi connectivity index (χ2n) is 13.0. The monoisotopic (exact) mass is 500 g/mol. The first-order valence-corrected chi connectivity index (χ1v) is 19.0. The van der Waals surface area contributed by atoms with Crippen LogP contribution in [0.4, 0.5) is 0 Å². The molecule has 2 unspecified atom stereocenters. The minimum atomic E-state index is -1.89. The molecular weight excluding hydrogens is 444 g/mol. The van der Waals surface area contributed by atoms with Crippen LogP contribution >= 0.6 is 0 Å². The van der Waals surface area contributed by atoms with Gasteiger partial charge >= 0.3 is 0 Å². The molecule has 0 rings (SSSR count). The van der Waals surface area contributed by atoms with Gasteiger partial charge in [-0.05, 0) is 55.0 Å². The number of hydrogen-bond donors (Lipinski definition) is 0. The molecule has 0 N–H and O–H groups in total. The Labute approximate surface area is 208 Å². The van der Waals surface area contributed by atoms with E-state index in [0.29, 0.717) is 32.3 Å². The number of hydrogen-bond acceptors (Lipinski definition) is 4. The number of carbonyl (C=O) groups is 2. The minimum absolute atomic E-state index is 0.123. The van der Waals surface area contributed by atoms with Crippen LogP contribution in [0.3, 0.4) is 0 Å². The average molecular weight is 501 g/mol. The van der Waals surface area contributed by atoms with Crippen molar-refractivity contribution in [1.82, 2.24) is 0 Å². The van der Waals surface area contributed by atoms with Gasteiger partial charge in [-0.15, -0.1) is 0 Å². The van der Waals surface area contributed by atoms with Crippen LogP contribution in [-0.2, 0) is 18.4 Å². The molecule has 0 fully saturated rings. The lowest BCUT2D eigenvalue weighted by molar-refractivity contribution is -0.125. The van der Waals surface area contributed by atoms with Crippen molar-refractivity contribution in [2.24, 2.45) is 5.92 Å². The number of carbonyl (C=O) groups excluding carboxylic acids is 2. The lowest BCUT2D eigenvalue weighted by Gasteiger charge is -2.41. The summed E-state index contributed by atoms with van der Waals surface area (Å²) in [6.07, 6.45) is 5.84. The molecule has 2 atom stereocenters. The summed E-state index contributed by atoms with van der Waals surface area (Å²) in [7, 11) is -3.64. The van der Waals surface area contributed by atoms with Crippen LogP contribution in [0.1, 0.15) is 107 Å². The lowest BCUT2D eigenvalue weighted by atomic mass is 9.93. The maximum absolute atomic E-state index is 12.7. The van der Waals surface area contributed by atoms with Gasteiger partial charge in [0.25, 0.3) is 0 Å². The molecule has 0 aliphatic carbocycles. The van der Waals surface area contributed by atoms with Crippen LogP contribution in [-0.4, -0.2) is 40.9 Å². The van der Waals surface area contributed by atoms with Gasteiger partial charge in [-0.1, -0.05) is 68.2 Å². The second-order valence-corrected chi connectivity index (χ2v) is 22.6. The van der Waals surface area contributed by atoms with Gasteiger partial charge in [-0.2, -0.15) is 0 Å². The zero-order valence-electron chi connectivity index (χ0n) is 24.2. The zero-order valence-corrected chi connectivity index (χ0v) is 26.2. The van der Waals surface area contributed by atoms with E-state index in [2.05, 4.69) is 81.6 Å². The summed E-state index contributed by atoms with van der Waals surface area (Å²) >= 11 is 0. The van der Waals surface area contributed by atoms with Crippen molar-refractivity contribution < 1.29 is 18.4 Å². The normalized spacial score (nSPS) is 15.4. The minimum Gasteiger partial charge on any atom is -0.417 e. The van der Waals surface area contributed by atoms with E-state index >= 15 is 0 Å². The SMILES string of the molecule is CCCCC(O[Si](C)(C)C(C)(C)C)C(C)CC(=O)CCC(=O)CCCO[Si](C)(C)C(C)(C)C. The van der Waals surface area contributed by atoms with E-state index in [9.17, 15) is 9.59 Å². The topological polar surface area (TPSA) is 52.6 Å². The number of unbranched alkanes of at least 4 members (excludes halogenated alkanes) is 1. The van der Waals surface area contributed by atoms with Crippen LogP contribution in [0.2, 0.25) is 36.3 Å². The summed E-state index contributed by atoms with van der Waals surface area (Å²) < 4.78 is 12.9. The molecule has 196 valence electrons. The summed E-state index contributed by atoms with van der Waals surface area (Å²) in [4.78, 5) is 25.0. The highest BCUT2D eigenvalue weighted by Crippen LogP contribution is 2.39. The van der Waals surface area contributed by atoms with Crippen molar-refractivity contribution in [2.45, 2.75) is 149 Å². The highest BCUT2D eigenvalue weighted by atomic mass is 28.4. The van der Waals surface area contributed by atoms with Gasteiger partial charge < -0.3 is 8.85 Å². The van der Waals surface area contributed by atoms with Crippen molar-refractivity contribution in [3.63, 3.8) is 0 Å². The highest BCUT2D eigenvalue weighted by Gasteiger charge is 2.40. The fraction of sp³-hybridized carbons (Fsp3) is 0.926. The molecule has 0 amide bonds. The Morgan fingerprint density at radius 3 is 1.79 bits per heavy atom. The maximum atomic E-state index is 12.7. The fourth-order valence-electron chi connectivity index (χ4n) is 3.23. The van der Waals surface area contributed by atoms with Gasteiger partial charge in [-0.3, -0.25) is 9.59 Å². The van der Waals surface area contributed by atoms with Gasteiger partial charge in [0.1, 0.15) is 11.6 Å². The Bertz CT molecular complexity index is 600. The quantitative estimate of drug-likeness (QED) is 0.158. The summed E-state index contributed by atoms with van der Waals surface area (Å²) in [6.45, 7) is 27.5. The van der Waals surface area contributed by atoms with E-state index in [1.54, 1.807) is 0 Å². The molecule has 0 saturated heterocycles. The molecule has 0 bridgehead atoms. The van der Waals surface area contributed by atoms with Crippen LogP contribution in [0.5, 0.6) is 0 Å². The van der Waals surface area contributed by atoms with Crippen LogP contribution in [0.15, 0.2) is 0 Å². The zero-order chi connectivity index (χ0) is 26.1. The van der Waals surface area contributed by atoms with E-state index in [4.69, 9.17) is 8.85 Å². The summed E-state index contributed by atoms with van der Waals surface area (Å²) in [5.41, 5.74) is 0. The molecule has 0 radical (unpaired) electrons. The third kappa shape index (κ3) is 12.3. The molecule has 0 aromatic carbocycles.